The average molecular weight is 261 g/mol. The van der Waals surface area contributed by atoms with E-state index in [4.69, 9.17) is 0 Å². The van der Waals surface area contributed by atoms with Crippen molar-refractivity contribution in [2.75, 3.05) is 11.9 Å². The Labute approximate surface area is 113 Å². The lowest BCUT2D eigenvalue weighted by molar-refractivity contribution is 0.617. The van der Waals surface area contributed by atoms with Crippen LogP contribution in [0.5, 0.6) is 0 Å². The number of halogens is 1. The van der Waals surface area contributed by atoms with E-state index in [0.717, 1.165) is 23.9 Å². The summed E-state index contributed by atoms with van der Waals surface area (Å²) in [6.07, 6.45) is 1.91. The van der Waals surface area contributed by atoms with Crippen LogP contribution in [0.1, 0.15) is 25.1 Å². The molecule has 2 rings (SSSR count). The third kappa shape index (κ3) is 3.13. The number of nitrogens with one attached hydrogen (secondary N) is 1. The second-order valence-electron chi connectivity index (χ2n) is 5.28. The highest BCUT2D eigenvalue weighted by Crippen LogP contribution is 2.19. The summed E-state index contributed by atoms with van der Waals surface area (Å²) in [5.74, 6) is 1.09. The van der Waals surface area contributed by atoms with E-state index in [0.29, 0.717) is 11.5 Å². The van der Waals surface area contributed by atoms with E-state index in [1.165, 1.54) is 6.07 Å². The maximum Gasteiger partial charge on any atom is 0.207 e. The Bertz CT molecular complexity index is 573. The van der Waals surface area contributed by atoms with Crippen molar-refractivity contribution in [1.82, 2.24) is 9.55 Å². The van der Waals surface area contributed by atoms with Crippen molar-refractivity contribution < 1.29 is 4.39 Å². The fourth-order valence-corrected chi connectivity index (χ4v) is 1.85. The molecule has 102 valence electrons. The molecule has 1 heterocycles. The van der Waals surface area contributed by atoms with Crippen LogP contribution in [0.15, 0.2) is 24.4 Å². The molecule has 2 aromatic rings. The van der Waals surface area contributed by atoms with Gasteiger partial charge in [0.05, 0.1) is 11.4 Å². The van der Waals surface area contributed by atoms with Gasteiger partial charge in [-0.3, -0.25) is 4.57 Å². The molecule has 0 bridgehead atoms. The summed E-state index contributed by atoms with van der Waals surface area (Å²) in [4.78, 5) is 4.44. The van der Waals surface area contributed by atoms with Gasteiger partial charge in [-0.15, -0.1) is 0 Å². The van der Waals surface area contributed by atoms with E-state index >= 15 is 0 Å². The fraction of sp³-hybridized carbons (Fsp3) is 0.400. The standard InChI is InChI=1S/C15H20FN3/c1-10(2)8-17-15-18-12(4)9-19(15)13-6-5-11(3)14(16)7-13/h5-7,9-10H,8H2,1-4H3,(H,17,18). The summed E-state index contributed by atoms with van der Waals surface area (Å²) < 4.78 is 15.6. The van der Waals surface area contributed by atoms with Crippen LogP contribution in [0.2, 0.25) is 0 Å². The van der Waals surface area contributed by atoms with Crippen molar-refractivity contribution in [3.63, 3.8) is 0 Å². The lowest BCUT2D eigenvalue weighted by Gasteiger charge is -2.11. The van der Waals surface area contributed by atoms with Crippen molar-refractivity contribution in [1.29, 1.82) is 0 Å². The Morgan fingerprint density at radius 3 is 2.68 bits per heavy atom. The average Bonchev–Trinajstić information content (AvgIpc) is 2.71. The van der Waals surface area contributed by atoms with Gasteiger partial charge in [0, 0.05) is 12.7 Å². The molecule has 0 fully saturated rings. The Balaban J connectivity index is 2.35. The molecule has 0 aliphatic heterocycles. The molecule has 1 N–H and O–H groups in total. The molecule has 4 heteroatoms. The number of nitrogens with zero attached hydrogens (tertiary/aromatic N) is 2. The lowest BCUT2D eigenvalue weighted by atomic mass is 10.2. The topological polar surface area (TPSA) is 29.9 Å². The number of imidazole rings is 1. The number of rotatable bonds is 4. The van der Waals surface area contributed by atoms with Crippen LogP contribution >= 0.6 is 0 Å². The van der Waals surface area contributed by atoms with Gasteiger partial charge in [0.25, 0.3) is 0 Å². The Hall–Kier alpha value is -1.84. The van der Waals surface area contributed by atoms with E-state index in [-0.39, 0.29) is 5.82 Å². The summed E-state index contributed by atoms with van der Waals surface area (Å²) >= 11 is 0. The highest BCUT2D eigenvalue weighted by Gasteiger charge is 2.09. The molecular formula is C15H20FN3. The van der Waals surface area contributed by atoms with Gasteiger partial charge >= 0.3 is 0 Å². The van der Waals surface area contributed by atoms with Gasteiger partial charge in [0.2, 0.25) is 5.95 Å². The van der Waals surface area contributed by atoms with E-state index in [2.05, 4.69) is 24.1 Å². The van der Waals surface area contributed by atoms with Crippen LogP contribution in [0.3, 0.4) is 0 Å². The predicted molar refractivity (Wildman–Crippen MR) is 76.3 cm³/mol. The van der Waals surface area contributed by atoms with E-state index in [1.807, 2.05) is 23.8 Å². The summed E-state index contributed by atoms with van der Waals surface area (Å²) in [5, 5.41) is 3.30. The van der Waals surface area contributed by atoms with Crippen LogP contribution in [0, 0.1) is 25.6 Å². The zero-order valence-corrected chi connectivity index (χ0v) is 11.9. The van der Waals surface area contributed by atoms with E-state index in [9.17, 15) is 4.39 Å². The maximum atomic E-state index is 13.7. The molecule has 0 amide bonds. The summed E-state index contributed by atoms with van der Waals surface area (Å²) in [5.41, 5.74) is 2.35. The minimum absolute atomic E-state index is 0.196. The Morgan fingerprint density at radius 1 is 1.32 bits per heavy atom. The molecule has 0 radical (unpaired) electrons. The van der Waals surface area contributed by atoms with Crippen LogP contribution in [0.25, 0.3) is 5.69 Å². The Morgan fingerprint density at radius 2 is 2.05 bits per heavy atom. The van der Waals surface area contributed by atoms with Gasteiger partial charge < -0.3 is 5.32 Å². The minimum atomic E-state index is -0.196. The second kappa shape index (κ2) is 5.43. The highest BCUT2D eigenvalue weighted by atomic mass is 19.1. The van der Waals surface area contributed by atoms with Crippen LogP contribution in [-0.4, -0.2) is 16.1 Å². The first-order valence-electron chi connectivity index (χ1n) is 6.53. The number of hydrogen-bond acceptors (Lipinski definition) is 2. The van der Waals surface area contributed by atoms with E-state index in [1.54, 1.807) is 13.0 Å². The van der Waals surface area contributed by atoms with E-state index < -0.39 is 0 Å². The lowest BCUT2D eigenvalue weighted by Crippen LogP contribution is -2.12. The summed E-state index contributed by atoms with van der Waals surface area (Å²) in [7, 11) is 0. The van der Waals surface area contributed by atoms with Gasteiger partial charge in [0.15, 0.2) is 0 Å². The fourth-order valence-electron chi connectivity index (χ4n) is 1.85. The first-order chi connectivity index (χ1) is 8.97. The van der Waals surface area contributed by atoms with Crippen LogP contribution < -0.4 is 5.32 Å². The largest absolute Gasteiger partial charge is 0.355 e. The van der Waals surface area contributed by atoms with Gasteiger partial charge in [-0.05, 0) is 37.5 Å². The molecule has 0 saturated heterocycles. The molecule has 0 spiro atoms. The molecule has 19 heavy (non-hydrogen) atoms. The van der Waals surface area contributed by atoms with Crippen LogP contribution in [-0.2, 0) is 0 Å². The van der Waals surface area contributed by atoms with Crippen LogP contribution in [0.4, 0.5) is 10.3 Å². The normalized spacial score (nSPS) is 11.1. The Kier molecular flexibility index (Phi) is 3.88. The predicted octanol–water partition coefficient (Wildman–Crippen LogP) is 3.70. The summed E-state index contributed by atoms with van der Waals surface area (Å²) in [6, 6.07) is 5.23. The molecule has 0 aliphatic rings. The van der Waals surface area contributed by atoms with Crippen molar-refractivity contribution in [3.05, 3.63) is 41.5 Å². The molecule has 1 aromatic carbocycles. The number of aromatic nitrogens is 2. The molecule has 0 atom stereocenters. The number of benzene rings is 1. The smallest absolute Gasteiger partial charge is 0.207 e. The highest BCUT2D eigenvalue weighted by molar-refractivity contribution is 5.44. The molecular weight excluding hydrogens is 241 g/mol. The van der Waals surface area contributed by atoms with Gasteiger partial charge in [-0.2, -0.15) is 0 Å². The van der Waals surface area contributed by atoms with Gasteiger partial charge in [0.1, 0.15) is 5.82 Å². The quantitative estimate of drug-likeness (QED) is 0.909. The van der Waals surface area contributed by atoms with Crippen molar-refractivity contribution in [2.24, 2.45) is 5.92 Å². The molecule has 0 aliphatic carbocycles. The van der Waals surface area contributed by atoms with Gasteiger partial charge in [-0.1, -0.05) is 19.9 Å². The monoisotopic (exact) mass is 261 g/mol. The SMILES string of the molecule is Cc1cn(-c2ccc(C)c(F)c2)c(NCC(C)C)n1. The number of hydrogen-bond donors (Lipinski definition) is 1. The van der Waals surface area contributed by atoms with Crippen molar-refractivity contribution in [2.45, 2.75) is 27.7 Å². The maximum absolute atomic E-state index is 13.7. The first kappa shape index (κ1) is 13.6. The number of aryl methyl sites for hydroxylation is 2. The third-order valence-corrected chi connectivity index (χ3v) is 2.93. The first-order valence-corrected chi connectivity index (χ1v) is 6.53. The second-order valence-corrected chi connectivity index (χ2v) is 5.28. The molecule has 0 unspecified atom stereocenters. The zero-order valence-electron chi connectivity index (χ0n) is 11.9. The molecule has 1 aromatic heterocycles. The summed E-state index contributed by atoms with van der Waals surface area (Å²) in [6.45, 7) is 8.81. The van der Waals surface area contributed by atoms with Gasteiger partial charge in [-0.25, -0.2) is 9.37 Å². The molecule has 3 nitrogen and oxygen atoms in total. The zero-order chi connectivity index (χ0) is 14.0. The minimum Gasteiger partial charge on any atom is -0.355 e. The third-order valence-electron chi connectivity index (χ3n) is 2.93. The number of anilines is 1. The van der Waals surface area contributed by atoms with Crippen molar-refractivity contribution in [3.8, 4) is 5.69 Å². The van der Waals surface area contributed by atoms with Crippen molar-refractivity contribution >= 4 is 5.95 Å². The molecule has 0 saturated carbocycles.